The van der Waals surface area contributed by atoms with Crippen molar-refractivity contribution < 1.29 is 23.3 Å². The van der Waals surface area contributed by atoms with E-state index < -0.39 is 29.0 Å². The topological polar surface area (TPSA) is 84.0 Å². The van der Waals surface area contributed by atoms with Crippen molar-refractivity contribution in [3.63, 3.8) is 0 Å². The molecule has 0 spiro atoms. The zero-order valence-corrected chi connectivity index (χ0v) is 19.2. The third kappa shape index (κ3) is 5.50. The highest BCUT2D eigenvalue weighted by atomic mass is 32.2. The Labute approximate surface area is 196 Å². The second-order valence-electron chi connectivity index (χ2n) is 8.35. The molecule has 1 unspecified atom stereocenters. The van der Waals surface area contributed by atoms with Crippen LogP contribution in [0.2, 0.25) is 0 Å². The van der Waals surface area contributed by atoms with Gasteiger partial charge in [0, 0.05) is 18.0 Å². The van der Waals surface area contributed by atoms with Crippen LogP contribution in [-0.4, -0.2) is 62.7 Å². The molecule has 2 aromatic rings. The minimum Gasteiger partial charge on any atom is -0.445 e. The highest BCUT2D eigenvalue weighted by molar-refractivity contribution is 7.85. The van der Waals surface area contributed by atoms with Gasteiger partial charge in [-0.05, 0) is 43.4 Å². The maximum atomic E-state index is 13.4. The molecule has 0 bridgehead atoms. The molecular formula is C25H28N2O5S. The largest absolute Gasteiger partial charge is 0.445 e. The highest BCUT2D eigenvalue weighted by Crippen LogP contribution is 2.26. The lowest BCUT2D eigenvalue weighted by atomic mass is 10.1. The number of hydrogen-bond donors (Lipinski definition) is 0. The number of hydrogen-bond acceptors (Lipinski definition) is 5. The molecule has 2 saturated heterocycles. The van der Waals surface area contributed by atoms with Crippen molar-refractivity contribution in [2.24, 2.45) is 0 Å². The van der Waals surface area contributed by atoms with E-state index in [2.05, 4.69) is 0 Å². The first-order valence-electron chi connectivity index (χ1n) is 11.3. The smallest absolute Gasteiger partial charge is 0.410 e. The van der Waals surface area contributed by atoms with Gasteiger partial charge in [0.2, 0.25) is 5.91 Å². The Morgan fingerprint density at radius 2 is 1.45 bits per heavy atom. The van der Waals surface area contributed by atoms with E-state index >= 15 is 0 Å². The van der Waals surface area contributed by atoms with Gasteiger partial charge in [-0.25, -0.2) is 4.79 Å². The molecule has 2 aromatic carbocycles. The van der Waals surface area contributed by atoms with Gasteiger partial charge < -0.3 is 9.64 Å². The Hall–Kier alpha value is -3.00. The van der Waals surface area contributed by atoms with Crippen molar-refractivity contribution in [3.05, 3.63) is 66.2 Å². The number of amides is 2. The normalized spacial score (nSPS) is 21.1. The fourth-order valence-electron chi connectivity index (χ4n) is 4.48. The Kier molecular flexibility index (Phi) is 7.54. The molecule has 2 heterocycles. The molecule has 0 aromatic heterocycles. The first-order valence-corrected chi connectivity index (χ1v) is 12.6. The number of rotatable bonds is 7. The van der Waals surface area contributed by atoms with E-state index in [4.69, 9.17) is 4.74 Å². The summed E-state index contributed by atoms with van der Waals surface area (Å²) in [5.74, 6) is -0.531. The van der Waals surface area contributed by atoms with Crippen LogP contribution in [0.1, 0.15) is 31.2 Å². The molecule has 4 rings (SSSR count). The molecule has 0 saturated carbocycles. The second kappa shape index (κ2) is 10.7. The minimum absolute atomic E-state index is 0.119. The summed E-state index contributed by atoms with van der Waals surface area (Å²) in [6.45, 7) is 1.07. The SMILES string of the molecule is O=C(CS(=O)c1ccccc1)[C@@H]1CCCN1C(=O)[C@@H]1CCCN1C(=O)OCc1ccccc1. The summed E-state index contributed by atoms with van der Waals surface area (Å²) in [5, 5.41) is 0. The number of carbonyl (C=O) groups is 3. The van der Waals surface area contributed by atoms with E-state index in [-0.39, 0.29) is 24.1 Å². The van der Waals surface area contributed by atoms with Crippen molar-refractivity contribution in [1.29, 1.82) is 0 Å². The lowest BCUT2D eigenvalue weighted by molar-refractivity contribution is -0.140. The molecule has 2 aliphatic rings. The number of ether oxygens (including phenoxy) is 1. The third-order valence-corrected chi connectivity index (χ3v) is 7.51. The number of carbonyl (C=O) groups excluding carboxylic acids is 3. The molecule has 174 valence electrons. The molecular weight excluding hydrogens is 440 g/mol. The quantitative estimate of drug-likeness (QED) is 0.623. The van der Waals surface area contributed by atoms with E-state index in [1.165, 1.54) is 4.90 Å². The number of likely N-dealkylation sites (tertiary alicyclic amines) is 2. The molecule has 0 N–H and O–H groups in total. The number of Topliss-reactive ketones (excluding diaryl/α,β-unsaturated/α-hetero) is 1. The van der Waals surface area contributed by atoms with Gasteiger partial charge in [-0.2, -0.15) is 0 Å². The van der Waals surface area contributed by atoms with E-state index in [1.807, 2.05) is 36.4 Å². The Morgan fingerprint density at radius 1 is 0.848 bits per heavy atom. The van der Waals surface area contributed by atoms with Crippen LogP contribution in [0.4, 0.5) is 4.79 Å². The van der Waals surface area contributed by atoms with Gasteiger partial charge in [-0.15, -0.1) is 0 Å². The van der Waals surface area contributed by atoms with Gasteiger partial charge in [-0.1, -0.05) is 48.5 Å². The van der Waals surface area contributed by atoms with E-state index in [0.29, 0.717) is 43.7 Å². The van der Waals surface area contributed by atoms with Crippen LogP contribution in [0.15, 0.2) is 65.6 Å². The zero-order chi connectivity index (χ0) is 23.2. The third-order valence-electron chi connectivity index (χ3n) is 6.16. The van der Waals surface area contributed by atoms with Gasteiger partial charge in [0.25, 0.3) is 0 Å². The fourth-order valence-corrected chi connectivity index (χ4v) is 5.56. The summed E-state index contributed by atoms with van der Waals surface area (Å²) < 4.78 is 18.0. The van der Waals surface area contributed by atoms with E-state index in [9.17, 15) is 18.6 Å². The van der Waals surface area contributed by atoms with Crippen LogP contribution >= 0.6 is 0 Å². The van der Waals surface area contributed by atoms with Crippen LogP contribution in [-0.2, 0) is 31.7 Å². The average molecular weight is 469 g/mol. The van der Waals surface area contributed by atoms with Gasteiger partial charge in [-0.3, -0.25) is 18.7 Å². The molecule has 33 heavy (non-hydrogen) atoms. The highest BCUT2D eigenvalue weighted by Gasteiger charge is 2.42. The van der Waals surface area contributed by atoms with Crippen LogP contribution in [0.5, 0.6) is 0 Å². The van der Waals surface area contributed by atoms with Gasteiger partial charge in [0.15, 0.2) is 5.78 Å². The maximum absolute atomic E-state index is 13.4. The molecule has 3 atom stereocenters. The van der Waals surface area contributed by atoms with E-state index in [1.54, 1.807) is 29.2 Å². The van der Waals surface area contributed by atoms with Crippen molar-refractivity contribution in [3.8, 4) is 0 Å². The molecule has 0 aliphatic carbocycles. The Balaban J connectivity index is 1.37. The fraction of sp³-hybridized carbons (Fsp3) is 0.400. The predicted molar refractivity (Wildman–Crippen MR) is 124 cm³/mol. The minimum atomic E-state index is -1.45. The monoisotopic (exact) mass is 468 g/mol. The summed E-state index contributed by atoms with van der Waals surface area (Å²) in [4.78, 5) is 42.7. The average Bonchev–Trinajstić information content (AvgIpc) is 3.53. The summed E-state index contributed by atoms with van der Waals surface area (Å²) in [6, 6.07) is 17.1. The number of nitrogens with zero attached hydrogens (tertiary/aromatic N) is 2. The van der Waals surface area contributed by atoms with Crippen molar-refractivity contribution in [1.82, 2.24) is 9.80 Å². The molecule has 8 heteroatoms. The molecule has 2 aliphatic heterocycles. The first-order chi connectivity index (χ1) is 16.0. The van der Waals surface area contributed by atoms with Crippen molar-refractivity contribution in [2.75, 3.05) is 18.8 Å². The van der Waals surface area contributed by atoms with Gasteiger partial charge in [0.05, 0.1) is 22.6 Å². The number of benzene rings is 2. The van der Waals surface area contributed by atoms with Gasteiger partial charge >= 0.3 is 6.09 Å². The summed E-state index contributed by atoms with van der Waals surface area (Å²) in [6.07, 6.45) is 2.02. The standard InChI is InChI=1S/C25H28N2O5S/c28-23(18-33(31)20-11-5-2-6-12-20)21-13-7-15-26(21)24(29)22-14-8-16-27(22)25(30)32-17-19-9-3-1-4-10-19/h1-6,9-12,21-22H,7-8,13-18H2/t21-,22-,33?/m0/s1. The molecule has 2 fully saturated rings. The Morgan fingerprint density at radius 3 is 2.15 bits per heavy atom. The Bertz CT molecular complexity index is 1010. The van der Waals surface area contributed by atoms with Crippen LogP contribution in [0.3, 0.4) is 0 Å². The molecule has 7 nitrogen and oxygen atoms in total. The number of ketones is 1. The van der Waals surface area contributed by atoms with Gasteiger partial charge in [0.1, 0.15) is 12.6 Å². The van der Waals surface area contributed by atoms with Crippen LogP contribution in [0.25, 0.3) is 0 Å². The van der Waals surface area contributed by atoms with Crippen LogP contribution < -0.4 is 0 Å². The van der Waals surface area contributed by atoms with Crippen LogP contribution in [0, 0.1) is 0 Å². The summed E-state index contributed by atoms with van der Waals surface area (Å²) >= 11 is 0. The first kappa shape index (κ1) is 23.2. The molecule has 0 radical (unpaired) electrons. The van der Waals surface area contributed by atoms with Crippen molar-refractivity contribution in [2.45, 2.75) is 49.3 Å². The lowest BCUT2D eigenvalue weighted by Crippen LogP contribution is -2.51. The predicted octanol–water partition coefficient (Wildman–Crippen LogP) is 3.16. The lowest BCUT2D eigenvalue weighted by Gasteiger charge is -2.30. The maximum Gasteiger partial charge on any atom is 0.410 e. The van der Waals surface area contributed by atoms with E-state index in [0.717, 1.165) is 5.56 Å². The summed E-state index contributed by atoms with van der Waals surface area (Å²) in [7, 11) is -1.45. The zero-order valence-electron chi connectivity index (χ0n) is 18.4. The summed E-state index contributed by atoms with van der Waals surface area (Å²) in [5.41, 5.74) is 0.879. The molecule has 2 amide bonds. The van der Waals surface area contributed by atoms with Crippen molar-refractivity contribution >= 4 is 28.6 Å². The second-order valence-corrected chi connectivity index (χ2v) is 9.80.